The van der Waals surface area contributed by atoms with Crippen LogP contribution in [-0.2, 0) is 13.0 Å². The van der Waals surface area contributed by atoms with Gasteiger partial charge in [-0.15, -0.1) is 0 Å². The topological polar surface area (TPSA) is 66.8 Å². The molecule has 1 heterocycles. The predicted octanol–water partition coefficient (Wildman–Crippen LogP) is 6.28. The lowest BCUT2D eigenvalue weighted by Gasteiger charge is -2.12. The van der Waals surface area contributed by atoms with Crippen LogP contribution >= 0.6 is 11.6 Å². The molecule has 0 fully saturated rings. The highest BCUT2D eigenvalue weighted by atomic mass is 35.5. The van der Waals surface area contributed by atoms with Crippen molar-refractivity contribution >= 4 is 34.3 Å². The summed E-state index contributed by atoms with van der Waals surface area (Å²) in [6.07, 6.45) is 0.730. The minimum atomic E-state index is -0.513. The number of esters is 1. The molecule has 0 spiro atoms. The maximum atomic E-state index is 12.6. The van der Waals surface area contributed by atoms with E-state index in [0.717, 1.165) is 28.6 Å². The number of hydrogen-bond acceptors (Lipinski definition) is 5. The molecular formula is C28H26ClNO5. The van der Waals surface area contributed by atoms with Gasteiger partial charge in [0.1, 0.15) is 5.75 Å². The predicted molar refractivity (Wildman–Crippen MR) is 136 cm³/mol. The molecule has 0 atom stereocenters. The number of carbonyl (C=O) groups is 2. The number of methoxy groups -OCH3 is 2. The van der Waals surface area contributed by atoms with Gasteiger partial charge in [0.25, 0.3) is 0 Å². The summed E-state index contributed by atoms with van der Waals surface area (Å²) in [6.45, 7) is 4.14. The van der Waals surface area contributed by atoms with Gasteiger partial charge in [-0.2, -0.15) is 0 Å². The molecule has 3 aromatic carbocycles. The number of aromatic nitrogens is 1. The second-order valence-electron chi connectivity index (χ2n) is 8.19. The van der Waals surface area contributed by atoms with E-state index < -0.39 is 5.97 Å². The van der Waals surface area contributed by atoms with E-state index in [0.29, 0.717) is 39.9 Å². The van der Waals surface area contributed by atoms with Gasteiger partial charge in [-0.1, -0.05) is 23.7 Å². The molecule has 7 heteroatoms. The van der Waals surface area contributed by atoms with Gasteiger partial charge in [-0.25, -0.2) is 4.79 Å². The summed E-state index contributed by atoms with van der Waals surface area (Å²) in [4.78, 5) is 25.1. The van der Waals surface area contributed by atoms with Gasteiger partial charge in [-0.05, 0) is 74.4 Å². The molecule has 0 radical (unpaired) electrons. The third kappa shape index (κ3) is 5.03. The largest absolute Gasteiger partial charge is 0.493 e. The summed E-state index contributed by atoms with van der Waals surface area (Å²) < 4.78 is 18.4. The highest BCUT2D eigenvalue weighted by molar-refractivity contribution is 6.30. The van der Waals surface area contributed by atoms with Crippen molar-refractivity contribution in [3.8, 4) is 17.2 Å². The smallest absolute Gasteiger partial charge is 0.343 e. The molecule has 4 rings (SSSR count). The number of fused-ring (bicyclic) bond motifs is 1. The Labute approximate surface area is 209 Å². The molecule has 0 aliphatic carbocycles. The van der Waals surface area contributed by atoms with Crippen LogP contribution in [0, 0.1) is 6.92 Å². The molecular weight excluding hydrogens is 466 g/mol. The molecule has 0 amide bonds. The molecule has 1 aromatic heterocycles. The highest BCUT2D eigenvalue weighted by Gasteiger charge is 2.19. The zero-order valence-electron chi connectivity index (χ0n) is 20.1. The van der Waals surface area contributed by atoms with Gasteiger partial charge in [-0.3, -0.25) is 4.79 Å². The fourth-order valence-electron chi connectivity index (χ4n) is 4.32. The molecule has 6 nitrogen and oxygen atoms in total. The van der Waals surface area contributed by atoms with Gasteiger partial charge in [0.05, 0.1) is 19.8 Å². The van der Waals surface area contributed by atoms with Crippen LogP contribution in [0.2, 0.25) is 5.02 Å². The van der Waals surface area contributed by atoms with Crippen molar-refractivity contribution < 1.29 is 23.8 Å². The van der Waals surface area contributed by atoms with E-state index >= 15 is 0 Å². The maximum Gasteiger partial charge on any atom is 0.343 e. The highest BCUT2D eigenvalue weighted by Crippen LogP contribution is 2.32. The summed E-state index contributed by atoms with van der Waals surface area (Å²) in [5, 5.41) is 1.20. The number of nitrogens with zero attached hydrogens (tertiary/aromatic N) is 1. The van der Waals surface area contributed by atoms with E-state index in [1.54, 1.807) is 57.5 Å². The fraction of sp³-hybridized carbons (Fsp3) is 0.214. The van der Waals surface area contributed by atoms with Crippen molar-refractivity contribution in [1.82, 2.24) is 4.57 Å². The van der Waals surface area contributed by atoms with E-state index in [2.05, 4.69) is 4.57 Å². The molecule has 35 heavy (non-hydrogen) atoms. The monoisotopic (exact) mass is 491 g/mol. The van der Waals surface area contributed by atoms with Crippen molar-refractivity contribution in [3.05, 3.63) is 88.1 Å². The van der Waals surface area contributed by atoms with Gasteiger partial charge in [0.2, 0.25) is 0 Å². The van der Waals surface area contributed by atoms with Crippen molar-refractivity contribution in [2.24, 2.45) is 0 Å². The van der Waals surface area contributed by atoms with Crippen LogP contribution in [-0.4, -0.2) is 30.5 Å². The number of benzene rings is 3. The maximum absolute atomic E-state index is 12.6. The van der Waals surface area contributed by atoms with Crippen molar-refractivity contribution in [3.63, 3.8) is 0 Å². The first-order valence-electron chi connectivity index (χ1n) is 11.1. The summed E-state index contributed by atoms with van der Waals surface area (Å²) >= 11 is 5.99. The number of ketones is 1. The Kier molecular flexibility index (Phi) is 7.12. The Morgan fingerprint density at radius 3 is 2.40 bits per heavy atom. The molecule has 0 aliphatic heterocycles. The lowest BCUT2D eigenvalue weighted by Crippen LogP contribution is -2.08. The zero-order valence-corrected chi connectivity index (χ0v) is 20.8. The van der Waals surface area contributed by atoms with Gasteiger partial charge in [0, 0.05) is 33.7 Å². The number of rotatable bonds is 8. The number of hydrogen-bond donors (Lipinski definition) is 0. The third-order valence-corrected chi connectivity index (χ3v) is 6.22. The van der Waals surface area contributed by atoms with E-state index in [1.165, 1.54) is 0 Å². The van der Waals surface area contributed by atoms with Crippen molar-refractivity contribution in [2.75, 3.05) is 14.2 Å². The number of aryl methyl sites for hydroxylation is 2. The van der Waals surface area contributed by atoms with Crippen LogP contribution in [0.3, 0.4) is 0 Å². The number of ether oxygens (including phenoxy) is 3. The summed E-state index contributed by atoms with van der Waals surface area (Å²) in [6, 6.07) is 17.8. The molecule has 0 aliphatic rings. The Bertz CT molecular complexity index is 1420. The van der Waals surface area contributed by atoms with Crippen molar-refractivity contribution in [1.29, 1.82) is 0 Å². The molecule has 0 unspecified atom stereocenters. The zero-order chi connectivity index (χ0) is 25.1. The normalized spacial score (nSPS) is 10.9. The SMILES string of the molecule is COc1ccc(CCn2c(C)c(C(C)=O)c3cc(OC(=O)c4cccc(Cl)c4)ccc32)cc1OC. The van der Waals surface area contributed by atoms with E-state index in [9.17, 15) is 9.59 Å². The molecule has 0 saturated carbocycles. The van der Waals surface area contributed by atoms with E-state index in [1.807, 2.05) is 31.2 Å². The first-order chi connectivity index (χ1) is 16.8. The quantitative estimate of drug-likeness (QED) is 0.165. The Morgan fingerprint density at radius 1 is 0.943 bits per heavy atom. The van der Waals surface area contributed by atoms with E-state index in [-0.39, 0.29) is 5.78 Å². The number of Topliss-reactive ketones (excluding diaryl/α,β-unsaturated/α-hetero) is 1. The standard InChI is InChI=1S/C28H26ClNO5/c1-17-27(18(2)31)23-16-22(35-28(32)20-6-5-7-21(29)15-20)9-10-24(23)30(17)13-12-19-8-11-25(33-3)26(14-19)34-4/h5-11,14-16H,12-13H2,1-4H3. The summed E-state index contributed by atoms with van der Waals surface area (Å²) in [5.74, 6) is 1.16. The molecule has 4 aromatic rings. The Hall–Kier alpha value is -3.77. The Balaban J connectivity index is 1.64. The third-order valence-electron chi connectivity index (χ3n) is 5.99. The lowest BCUT2D eigenvalue weighted by atomic mass is 10.1. The average molecular weight is 492 g/mol. The average Bonchev–Trinajstić information content (AvgIpc) is 3.12. The number of carbonyl (C=O) groups excluding carboxylic acids is 2. The fourth-order valence-corrected chi connectivity index (χ4v) is 4.51. The molecule has 0 saturated heterocycles. The van der Waals surface area contributed by atoms with Gasteiger partial charge in [0.15, 0.2) is 17.3 Å². The molecule has 0 N–H and O–H groups in total. The van der Waals surface area contributed by atoms with Crippen LogP contribution in [0.4, 0.5) is 0 Å². The minimum Gasteiger partial charge on any atom is -0.493 e. The first-order valence-corrected chi connectivity index (χ1v) is 11.5. The van der Waals surface area contributed by atoms with Crippen LogP contribution in [0.5, 0.6) is 17.2 Å². The van der Waals surface area contributed by atoms with Gasteiger partial charge < -0.3 is 18.8 Å². The van der Waals surface area contributed by atoms with Crippen LogP contribution in [0.1, 0.15) is 38.9 Å². The second kappa shape index (κ2) is 10.2. The van der Waals surface area contributed by atoms with Crippen LogP contribution < -0.4 is 14.2 Å². The molecule has 0 bridgehead atoms. The summed E-state index contributed by atoms with van der Waals surface area (Å²) in [5.41, 5.74) is 3.82. The minimum absolute atomic E-state index is 0.0457. The molecule has 180 valence electrons. The summed E-state index contributed by atoms with van der Waals surface area (Å²) in [7, 11) is 3.22. The van der Waals surface area contributed by atoms with Gasteiger partial charge >= 0.3 is 5.97 Å². The number of halogens is 1. The lowest BCUT2D eigenvalue weighted by molar-refractivity contribution is 0.0735. The van der Waals surface area contributed by atoms with Crippen LogP contribution in [0.25, 0.3) is 10.9 Å². The van der Waals surface area contributed by atoms with E-state index in [4.69, 9.17) is 25.8 Å². The second-order valence-corrected chi connectivity index (χ2v) is 8.62. The van der Waals surface area contributed by atoms with Crippen molar-refractivity contribution in [2.45, 2.75) is 26.8 Å². The first kappa shape index (κ1) is 24.4. The van der Waals surface area contributed by atoms with Crippen LogP contribution in [0.15, 0.2) is 60.7 Å². The Morgan fingerprint density at radius 2 is 1.71 bits per heavy atom.